The number of hydrogen-bond donors (Lipinski definition) is 4. The van der Waals surface area contributed by atoms with Crippen LogP contribution < -0.4 is 35.0 Å². The molecule has 0 aliphatic carbocycles. The van der Waals surface area contributed by atoms with Gasteiger partial charge < -0.3 is 39.4 Å². The Bertz CT molecular complexity index is 1600. The van der Waals surface area contributed by atoms with Gasteiger partial charge in [0.05, 0.1) is 38.2 Å². The third-order valence-electron chi connectivity index (χ3n) is 6.72. The van der Waals surface area contributed by atoms with Crippen LogP contribution in [0.3, 0.4) is 0 Å². The van der Waals surface area contributed by atoms with Crippen LogP contribution in [0, 0.1) is 0 Å². The predicted molar refractivity (Wildman–Crippen MR) is 172 cm³/mol. The number of nitrogens with zero attached hydrogens (tertiary/aromatic N) is 1. The van der Waals surface area contributed by atoms with Gasteiger partial charge in [-0.1, -0.05) is 35.9 Å². The van der Waals surface area contributed by atoms with Gasteiger partial charge in [-0.15, -0.1) is 0 Å². The second kappa shape index (κ2) is 16.4. The van der Waals surface area contributed by atoms with E-state index in [1.54, 1.807) is 37.3 Å². The van der Waals surface area contributed by atoms with E-state index in [9.17, 15) is 14.7 Å². The second-order valence-corrected chi connectivity index (χ2v) is 10.3. The van der Waals surface area contributed by atoms with E-state index in [0.717, 1.165) is 5.56 Å². The number of allylic oxidation sites excluding steroid dienone is 1. The van der Waals surface area contributed by atoms with Crippen molar-refractivity contribution < 1.29 is 38.4 Å². The van der Waals surface area contributed by atoms with Crippen LogP contribution in [0.5, 0.6) is 23.0 Å². The fourth-order valence-corrected chi connectivity index (χ4v) is 4.77. The molecule has 0 saturated heterocycles. The van der Waals surface area contributed by atoms with E-state index < -0.39 is 24.3 Å². The molecule has 4 N–H and O–H groups in total. The average molecular weight is 653 g/mol. The number of urea groups is 1. The Kier molecular flexibility index (Phi) is 12.1. The number of nitrogens with one attached hydrogen (secondary N) is 3. The number of amides is 2. The number of halogens is 1. The maximum absolute atomic E-state index is 12.5. The summed E-state index contributed by atoms with van der Waals surface area (Å²) in [5.41, 5.74) is 5.44. The molecule has 3 aromatic rings. The lowest BCUT2D eigenvalue weighted by Crippen LogP contribution is -2.45. The van der Waals surface area contributed by atoms with Gasteiger partial charge in [0.1, 0.15) is 13.2 Å². The van der Waals surface area contributed by atoms with Gasteiger partial charge in [0.15, 0.2) is 29.2 Å². The third kappa shape index (κ3) is 8.83. The van der Waals surface area contributed by atoms with Crippen molar-refractivity contribution in [1.82, 2.24) is 16.1 Å². The average Bonchev–Trinajstić information content (AvgIpc) is 3.04. The first-order chi connectivity index (χ1) is 22.2. The fraction of sp³-hybridized carbons (Fsp3) is 0.303. The number of benzene rings is 3. The maximum Gasteiger partial charge on any atom is 0.337 e. The van der Waals surface area contributed by atoms with Gasteiger partial charge in [0.25, 0.3) is 0 Å². The molecule has 0 fully saturated rings. The van der Waals surface area contributed by atoms with Crippen molar-refractivity contribution in [2.24, 2.45) is 5.10 Å². The number of hydrogen-bond acceptors (Lipinski definition) is 10. The van der Waals surface area contributed by atoms with Crippen molar-refractivity contribution in [3.8, 4) is 23.0 Å². The van der Waals surface area contributed by atoms with Crippen LogP contribution in [0.25, 0.3) is 0 Å². The maximum atomic E-state index is 12.5. The molecule has 2 atom stereocenters. The van der Waals surface area contributed by atoms with Gasteiger partial charge in [-0.05, 0) is 68.3 Å². The van der Waals surface area contributed by atoms with Gasteiger partial charge in [0.2, 0.25) is 0 Å². The molecular weight excluding hydrogens is 616 g/mol. The van der Waals surface area contributed by atoms with E-state index in [1.807, 2.05) is 44.2 Å². The topological polar surface area (TPSA) is 149 Å². The zero-order chi connectivity index (χ0) is 33.1. The molecule has 1 aliphatic heterocycles. The van der Waals surface area contributed by atoms with E-state index in [0.29, 0.717) is 58.1 Å². The molecule has 13 heteroatoms. The molecule has 2 amide bonds. The normalized spacial score (nSPS) is 15.1. The van der Waals surface area contributed by atoms with Gasteiger partial charge in [-0.2, -0.15) is 5.10 Å². The Labute approximate surface area is 272 Å². The molecule has 0 radical (unpaired) electrons. The summed E-state index contributed by atoms with van der Waals surface area (Å²) in [6, 6.07) is 16.6. The highest BCUT2D eigenvalue weighted by molar-refractivity contribution is 6.31. The lowest BCUT2D eigenvalue weighted by molar-refractivity contribution is -0.136. The summed E-state index contributed by atoms with van der Waals surface area (Å²) >= 11 is 6.24. The highest BCUT2D eigenvalue weighted by Crippen LogP contribution is 2.35. The predicted octanol–water partition coefficient (Wildman–Crippen LogP) is 4.84. The quantitative estimate of drug-likeness (QED) is 0.0783. The van der Waals surface area contributed by atoms with Crippen LogP contribution in [0.1, 0.15) is 43.5 Å². The number of methoxy groups -OCH3 is 1. The molecule has 1 heterocycles. The summed E-state index contributed by atoms with van der Waals surface area (Å²) in [6.45, 7) is 6.21. The summed E-state index contributed by atoms with van der Waals surface area (Å²) < 4.78 is 28.2. The van der Waals surface area contributed by atoms with Crippen molar-refractivity contribution in [1.29, 1.82) is 0 Å². The van der Waals surface area contributed by atoms with Crippen LogP contribution in [-0.4, -0.2) is 56.5 Å². The number of rotatable bonds is 15. The van der Waals surface area contributed by atoms with Gasteiger partial charge in [-0.25, -0.2) is 9.59 Å². The van der Waals surface area contributed by atoms with Crippen molar-refractivity contribution in [2.45, 2.75) is 39.6 Å². The monoisotopic (exact) mass is 652 g/mol. The van der Waals surface area contributed by atoms with Crippen LogP contribution in [0.2, 0.25) is 5.02 Å². The highest BCUT2D eigenvalue weighted by atomic mass is 35.5. The number of carbonyl (C=O) groups excluding carboxylic acids is 2. The molecule has 12 nitrogen and oxygen atoms in total. The lowest BCUT2D eigenvalue weighted by atomic mass is 9.95. The molecule has 1 aliphatic rings. The molecule has 0 spiro atoms. The highest BCUT2D eigenvalue weighted by Gasteiger charge is 2.32. The summed E-state index contributed by atoms with van der Waals surface area (Å²) in [5.74, 6) is 1.25. The Morgan fingerprint density at radius 1 is 1.00 bits per heavy atom. The van der Waals surface area contributed by atoms with Crippen LogP contribution in [0.4, 0.5) is 4.79 Å². The smallest absolute Gasteiger partial charge is 0.337 e. The van der Waals surface area contributed by atoms with E-state index in [4.69, 9.17) is 35.3 Å². The van der Waals surface area contributed by atoms with Crippen LogP contribution >= 0.6 is 11.6 Å². The summed E-state index contributed by atoms with van der Waals surface area (Å²) in [5, 5.41) is 20.6. The number of hydrazone groups is 1. The number of ether oxygens (including phenoxy) is 5. The third-order valence-corrected chi connectivity index (χ3v) is 7.09. The number of aliphatic hydroxyl groups excluding tert-OH is 1. The molecule has 244 valence electrons. The van der Waals surface area contributed by atoms with Crippen molar-refractivity contribution in [3.63, 3.8) is 0 Å². The van der Waals surface area contributed by atoms with E-state index in [-0.39, 0.29) is 18.8 Å². The SMILES string of the molecule is CCOc1cc(/C=N\N[C@H](O)COc2ccc([C@@H]3NC(=O)NC(C)=C3C(=O)OC)cc2OCC)ccc1OCc1ccccc1Cl. The Morgan fingerprint density at radius 3 is 2.41 bits per heavy atom. The van der Waals surface area contributed by atoms with Crippen molar-refractivity contribution in [3.05, 3.63) is 93.6 Å². The minimum Gasteiger partial charge on any atom is -0.490 e. The van der Waals surface area contributed by atoms with Gasteiger partial charge in [0, 0.05) is 16.3 Å². The molecule has 46 heavy (non-hydrogen) atoms. The molecule has 3 aromatic carbocycles. The molecule has 0 saturated carbocycles. The Balaban J connectivity index is 1.38. The van der Waals surface area contributed by atoms with Gasteiger partial charge >= 0.3 is 12.0 Å². The zero-order valence-corrected chi connectivity index (χ0v) is 26.7. The van der Waals surface area contributed by atoms with E-state index >= 15 is 0 Å². The van der Waals surface area contributed by atoms with Crippen LogP contribution in [0.15, 0.2) is 77.0 Å². The van der Waals surface area contributed by atoms with Crippen molar-refractivity contribution >= 4 is 29.8 Å². The number of aliphatic hydroxyl groups is 1. The van der Waals surface area contributed by atoms with Crippen LogP contribution in [-0.2, 0) is 16.1 Å². The molecular formula is C33H37ClN4O8. The van der Waals surface area contributed by atoms with Crippen molar-refractivity contribution in [2.75, 3.05) is 26.9 Å². The largest absolute Gasteiger partial charge is 0.490 e. The summed E-state index contributed by atoms with van der Waals surface area (Å²) in [6.07, 6.45) is 0.376. The van der Waals surface area contributed by atoms with E-state index in [1.165, 1.54) is 13.3 Å². The molecule has 0 aromatic heterocycles. The first kappa shape index (κ1) is 33.9. The standard InChI is InChI=1S/C33H37ClN4O8/c1-5-43-27-15-21(11-13-25(27)45-18-23-9-7-8-10-24(23)34)17-35-38-29(39)19-46-26-14-12-22(16-28(26)44-6-2)31-30(32(40)42-4)20(3)36-33(41)37-31/h7-17,29,31,38-39H,5-6,18-19H2,1-4H3,(H2,36,37,41)/b35-17-/t29-,31+/m1/s1. The second-order valence-electron chi connectivity index (χ2n) is 9.93. The molecule has 4 rings (SSSR count). The minimum atomic E-state index is -1.16. The Morgan fingerprint density at radius 2 is 1.70 bits per heavy atom. The minimum absolute atomic E-state index is 0.160. The Hall–Kier alpha value is -4.94. The zero-order valence-electron chi connectivity index (χ0n) is 26.0. The fourth-order valence-electron chi connectivity index (χ4n) is 4.58. The lowest BCUT2D eigenvalue weighted by Gasteiger charge is -2.28. The summed E-state index contributed by atoms with van der Waals surface area (Å²) in [7, 11) is 1.27. The number of esters is 1. The first-order valence-corrected chi connectivity index (χ1v) is 15.0. The van der Waals surface area contributed by atoms with Gasteiger partial charge in [-0.3, -0.25) is 5.43 Å². The van der Waals surface area contributed by atoms with E-state index in [2.05, 4.69) is 21.2 Å². The first-order valence-electron chi connectivity index (χ1n) is 14.6. The number of carbonyl (C=O) groups is 2. The molecule has 0 unspecified atom stereocenters. The summed E-state index contributed by atoms with van der Waals surface area (Å²) in [4.78, 5) is 24.6. The molecule has 0 bridgehead atoms.